The number of nitrogens with zero attached hydrogens (tertiary/aromatic N) is 4. The molecule has 0 aliphatic rings. The van der Waals surface area contributed by atoms with E-state index in [0.717, 1.165) is 49.7 Å². The Labute approximate surface area is 615 Å². The second-order valence-corrected chi connectivity index (χ2v) is 30.3. The first-order chi connectivity index (χ1) is 59.7. The summed E-state index contributed by atoms with van der Waals surface area (Å²) in [6.45, 7) is 14.9. The van der Waals surface area contributed by atoms with Crippen LogP contribution in [0.5, 0.6) is 11.5 Å². The number of hydrogen-bond acceptors (Lipinski definition) is 2. The zero-order chi connectivity index (χ0) is 93.7. The first-order valence-electron chi connectivity index (χ1n) is 46.9. The lowest BCUT2D eigenvalue weighted by Crippen LogP contribution is -2.76. The molecule has 3 aromatic heterocycles. The number of imidazole rings is 1. The number of aromatic nitrogens is 4. The summed E-state index contributed by atoms with van der Waals surface area (Å²) in [5.74, 6) is 1.10. The number of rotatable bonds is 13. The first kappa shape index (κ1) is 36.3. The van der Waals surface area contributed by atoms with E-state index in [9.17, 15) is 30.2 Å². The highest BCUT2D eigenvalue weighted by Gasteiger charge is 2.44. The van der Waals surface area contributed by atoms with Gasteiger partial charge in [0.05, 0.1) is 71.8 Å². The van der Waals surface area contributed by atoms with Crippen molar-refractivity contribution in [2.45, 2.75) is 85.4 Å². The maximum absolute atomic E-state index is 10.9. The summed E-state index contributed by atoms with van der Waals surface area (Å²) in [4.78, 5) is 4.87. The fourth-order valence-corrected chi connectivity index (χ4v) is 16.5. The average Bonchev–Trinajstić information content (AvgIpc) is 0.799. The van der Waals surface area contributed by atoms with Crippen molar-refractivity contribution in [3.8, 4) is 73.2 Å². The highest BCUT2D eigenvalue weighted by molar-refractivity contribution is 7.20. The number of pyridine rings is 1. The van der Waals surface area contributed by atoms with E-state index in [1.165, 1.54) is 4.57 Å². The fraction of sp³-hybridized carbons (Fsp3) is 0.143. The molecule has 0 aliphatic carbocycles. The van der Waals surface area contributed by atoms with Crippen molar-refractivity contribution in [2.75, 3.05) is 0 Å². The number of ether oxygens (including phenoxy) is 1. The highest BCUT2D eigenvalue weighted by atomic mass is 28.3. The van der Waals surface area contributed by atoms with Gasteiger partial charge in [-0.2, -0.15) is 0 Å². The standard InChI is InChI=1S/C91H80N4OSi/c1-62-49-81(69-52-66(63-29-16-11-17-30-63)51-67(53-69)64-31-18-12-19-32-64)88(86(50-62)97(76-35-20-13-21-36-76,77-37-22-14-23-38-77)78-39-24-15-25-40-78)94-61-93(85-56-65(43-46-83(85)94)68-54-71(90(5,6)7)57-72(55-68)91(8,9)10)73-33-28-34-74(59-73)96-75-44-45-80-79-41-26-27-42-82(79)95(84(80)60-75)87-58-70(47-48-92-87)89(2,3)4/h11-60H,1-10H3/i1D3,11D,12D,13D,14D,15D,16D,17D,18D,19D,20D,21D,22D,23D,24D,25D,29D,30D,31D,32D,35D,36D,37D,38D,39D,40D,51D,52D,53D. The van der Waals surface area contributed by atoms with Gasteiger partial charge in [-0.1, -0.05) is 286 Å². The Bertz CT molecular complexity index is 6900. The zero-order valence-electron chi connectivity index (χ0n) is 85.4. The topological polar surface area (TPSA) is 35.9 Å². The third kappa shape index (κ3) is 11.7. The van der Waals surface area contributed by atoms with E-state index >= 15 is 0 Å². The summed E-state index contributed by atoms with van der Waals surface area (Å²) < 4.78 is 313. The van der Waals surface area contributed by atoms with Crippen LogP contribution in [-0.4, -0.2) is 22.2 Å². The molecule has 0 radical (unpaired) electrons. The van der Waals surface area contributed by atoms with Crippen molar-refractivity contribution in [1.29, 1.82) is 0 Å². The van der Waals surface area contributed by atoms with Crippen LogP contribution in [0.2, 0.25) is 0 Å². The van der Waals surface area contributed by atoms with E-state index in [2.05, 4.69) is 33.2 Å². The van der Waals surface area contributed by atoms with Crippen LogP contribution >= 0.6 is 0 Å². The van der Waals surface area contributed by atoms with Crippen LogP contribution in [0.4, 0.5) is 0 Å². The lowest BCUT2D eigenvalue weighted by Gasteiger charge is -2.37. The van der Waals surface area contributed by atoms with Gasteiger partial charge in [-0.25, -0.2) is 4.98 Å². The first-order valence-corrected chi connectivity index (χ1v) is 33.4. The molecule has 6 heteroatoms. The molecule has 0 bridgehead atoms. The van der Waals surface area contributed by atoms with Crippen LogP contribution in [-0.2, 0) is 16.2 Å². The van der Waals surface area contributed by atoms with E-state index in [-0.39, 0.29) is 27.9 Å². The average molecular weight is 1300 g/mol. The van der Waals surface area contributed by atoms with Crippen LogP contribution in [0, 0.1) is 13.2 Å². The van der Waals surface area contributed by atoms with E-state index in [4.69, 9.17) is 22.1 Å². The molecule has 0 atom stereocenters. The Hall–Kier alpha value is -10.9. The largest absolute Gasteiger partial charge is 0.458 e. The third-order valence-corrected chi connectivity index (χ3v) is 21.5. The van der Waals surface area contributed by atoms with Crippen molar-refractivity contribution in [3.05, 3.63) is 331 Å². The molecule has 474 valence electrons. The van der Waals surface area contributed by atoms with Crippen molar-refractivity contribution in [2.24, 2.45) is 0 Å². The quantitative estimate of drug-likeness (QED) is 0.0499. The molecule has 0 saturated heterocycles. The molecule has 97 heavy (non-hydrogen) atoms. The summed E-state index contributed by atoms with van der Waals surface area (Å²) >= 11 is 0. The van der Waals surface area contributed by atoms with Crippen molar-refractivity contribution >= 4 is 61.7 Å². The van der Waals surface area contributed by atoms with Crippen LogP contribution in [0.25, 0.3) is 94.5 Å². The molecule has 0 fully saturated rings. The van der Waals surface area contributed by atoms with Gasteiger partial charge in [0.2, 0.25) is 0 Å². The van der Waals surface area contributed by atoms with Crippen molar-refractivity contribution in [3.63, 3.8) is 0 Å². The van der Waals surface area contributed by atoms with Crippen LogP contribution in [0.1, 0.15) is 127 Å². The van der Waals surface area contributed by atoms with E-state index in [1.54, 1.807) is 54.7 Å². The predicted octanol–water partition coefficient (Wildman–Crippen LogP) is 20.2. The van der Waals surface area contributed by atoms with Gasteiger partial charge < -0.3 is 4.74 Å². The SMILES string of the molecule is [2H]c1c([2H])c([2H])c(-c2c([2H])c(-c3cc(C([2H])([2H])[2H])cc([Si](c4c([2H])c([2H])c([2H])c([2H])c4[2H])(c4c([2H])c([2H])c([2H])c([2H])c4[2H])c4c([2H])c([2H])c([2H])c([2H])c4[2H])c3-[n+]3[c-]n(-c4cccc(Oc5ccc6c7ccccc7n(-c7cc(C(C)(C)C)ccn7)c6c5)c4)c4cc(-c5cc(C(C)(C)C)cc(C(C)(C)C)c5)ccc43)c([2H])c(-c3c([2H])c([2H])c([2H])c([2H])c3[2H])c2[2H])c([2H])c1[2H]. The highest BCUT2D eigenvalue weighted by Crippen LogP contribution is 2.41. The smallest absolute Gasteiger partial charge is 0.269 e. The molecule has 3 heterocycles. The molecule has 5 nitrogen and oxygen atoms in total. The molecule has 0 unspecified atom stereocenters. The molecule has 0 N–H and O–H groups in total. The lowest BCUT2D eigenvalue weighted by molar-refractivity contribution is -0.570. The fourth-order valence-electron chi connectivity index (χ4n) is 12.4. The van der Waals surface area contributed by atoms with Crippen molar-refractivity contribution in [1.82, 2.24) is 14.1 Å². The Morgan fingerprint density at radius 3 is 1.59 bits per heavy atom. The summed E-state index contributed by atoms with van der Waals surface area (Å²) in [5.41, 5.74) is -3.43. The zero-order valence-corrected chi connectivity index (χ0v) is 55.4. The van der Waals surface area contributed by atoms with E-state index < -0.39 is 260 Å². The second kappa shape index (κ2) is 24.7. The van der Waals surface area contributed by atoms with E-state index in [1.807, 2.05) is 107 Å². The Morgan fingerprint density at radius 2 is 1.00 bits per heavy atom. The summed E-state index contributed by atoms with van der Waals surface area (Å²) in [5, 5.41) is -2.62. The minimum Gasteiger partial charge on any atom is -0.458 e. The summed E-state index contributed by atoms with van der Waals surface area (Å²) in [6, 6.07) is 3.63. The van der Waals surface area contributed by atoms with Gasteiger partial charge in [0, 0.05) is 27.1 Å². The van der Waals surface area contributed by atoms with Gasteiger partial charge in [0.25, 0.3) is 6.33 Å². The molecule has 15 rings (SSSR count). The second-order valence-electron chi connectivity index (χ2n) is 26.7. The minimum atomic E-state index is -6.84. The van der Waals surface area contributed by atoms with Crippen LogP contribution in [0.3, 0.4) is 0 Å². The van der Waals surface area contributed by atoms with Gasteiger partial charge >= 0.3 is 0 Å². The normalized spacial score (nSPS) is 16.9. The van der Waals surface area contributed by atoms with Gasteiger partial charge in [0.1, 0.15) is 17.3 Å². The van der Waals surface area contributed by atoms with Gasteiger partial charge in [-0.15, -0.1) is 0 Å². The summed E-state index contributed by atoms with van der Waals surface area (Å²) in [6.07, 6.45) is 5.17. The maximum atomic E-state index is 10.9. The molecule has 0 spiro atoms. The molecule has 0 amide bonds. The van der Waals surface area contributed by atoms with Gasteiger partial charge in [-0.05, 0) is 178 Å². The molecule has 0 aliphatic heterocycles. The van der Waals surface area contributed by atoms with Gasteiger partial charge in [0.15, 0.2) is 8.07 Å². The molecule has 0 saturated carbocycles. The minimum absolute atomic E-state index is 0.0878. The monoisotopic (exact) mass is 1300 g/mol. The van der Waals surface area contributed by atoms with Crippen LogP contribution in [0.15, 0.2) is 303 Å². The number of para-hydroxylation sites is 1. The predicted molar refractivity (Wildman–Crippen MR) is 408 cm³/mol. The Morgan fingerprint density at radius 1 is 0.443 bits per heavy atom. The Kier molecular flexibility index (Phi) is 9.23. The summed E-state index contributed by atoms with van der Waals surface area (Å²) in [7, 11) is -6.84. The third-order valence-electron chi connectivity index (χ3n) is 17.3. The van der Waals surface area contributed by atoms with Gasteiger partial charge in [-0.3, -0.25) is 13.7 Å². The molecule has 12 aromatic carbocycles. The lowest BCUT2D eigenvalue weighted by atomic mass is 9.79. The number of aryl methyl sites for hydroxylation is 1. The molecular formula is C91H80N4OSi. The number of hydrogen-bond donors (Lipinski definition) is 0. The maximum Gasteiger partial charge on any atom is 0.269 e. The number of benzene rings is 12. The molecule has 15 aromatic rings. The Balaban J connectivity index is 1.21. The molecular weight excluding hydrogens is 1190 g/mol. The van der Waals surface area contributed by atoms with Crippen molar-refractivity contribution < 1.29 is 51.8 Å². The van der Waals surface area contributed by atoms with E-state index in [0.29, 0.717) is 28.2 Å². The number of fused-ring (bicyclic) bond motifs is 4. The van der Waals surface area contributed by atoms with Crippen LogP contribution < -0.4 is 30.1 Å².